The molecule has 1 heterocycles. The summed E-state index contributed by atoms with van der Waals surface area (Å²) in [7, 11) is -6.74. The summed E-state index contributed by atoms with van der Waals surface area (Å²) in [5, 5.41) is 0. The number of nitrogen functional groups attached to an aromatic ring is 1. The van der Waals surface area contributed by atoms with Crippen LogP contribution in [-0.4, -0.2) is 45.7 Å². The summed E-state index contributed by atoms with van der Waals surface area (Å²) in [5.41, 5.74) is 5.91. The molecule has 0 amide bonds. The second-order valence-corrected chi connectivity index (χ2v) is 8.37. The van der Waals surface area contributed by atoms with Crippen LogP contribution in [0.25, 0.3) is 0 Å². The fraction of sp³-hybridized carbons (Fsp3) is 0.400. The third-order valence-electron chi connectivity index (χ3n) is 2.80. The fourth-order valence-corrected chi connectivity index (χ4v) is 4.69. The van der Waals surface area contributed by atoms with Crippen molar-refractivity contribution in [3.05, 3.63) is 24.3 Å². The third-order valence-corrected chi connectivity index (χ3v) is 6.30. The molecule has 0 atom stereocenters. The number of hydrogen-bond acceptors (Lipinski definition) is 5. The lowest BCUT2D eigenvalue weighted by atomic mass is 10.3. The van der Waals surface area contributed by atoms with Gasteiger partial charge in [-0.1, -0.05) is 6.07 Å². The Morgan fingerprint density at radius 1 is 1.17 bits per heavy atom. The Morgan fingerprint density at radius 3 is 2.33 bits per heavy atom. The van der Waals surface area contributed by atoms with Crippen LogP contribution in [0.3, 0.4) is 0 Å². The highest BCUT2D eigenvalue weighted by molar-refractivity contribution is 7.92. The molecular weight excluding hydrogens is 276 g/mol. The Bertz CT molecular complexity index is 638. The van der Waals surface area contributed by atoms with Gasteiger partial charge in [0.15, 0.2) is 9.84 Å². The van der Waals surface area contributed by atoms with E-state index in [4.69, 9.17) is 5.73 Å². The normalized spacial score (nSPS) is 20.7. The van der Waals surface area contributed by atoms with Crippen molar-refractivity contribution in [3.63, 3.8) is 0 Å². The number of nitrogens with zero attached hydrogens (tertiary/aromatic N) is 1. The van der Waals surface area contributed by atoms with Crippen LogP contribution in [0.15, 0.2) is 29.2 Å². The minimum atomic E-state index is -3.65. The Balaban J connectivity index is 2.28. The zero-order valence-electron chi connectivity index (χ0n) is 9.61. The van der Waals surface area contributed by atoms with Crippen LogP contribution in [-0.2, 0) is 19.9 Å². The SMILES string of the molecule is Nc1cccc(S(=O)(=O)N2CCS(=O)(=O)CC2)c1. The summed E-state index contributed by atoms with van der Waals surface area (Å²) in [4.78, 5) is 0.0989. The smallest absolute Gasteiger partial charge is 0.243 e. The predicted octanol–water partition coefficient (Wildman–Crippen LogP) is -0.312. The van der Waals surface area contributed by atoms with Gasteiger partial charge in [-0.05, 0) is 18.2 Å². The van der Waals surface area contributed by atoms with Gasteiger partial charge in [0.25, 0.3) is 0 Å². The first-order valence-electron chi connectivity index (χ1n) is 5.37. The first kappa shape index (κ1) is 13.3. The summed E-state index contributed by atoms with van der Waals surface area (Å²) < 4.78 is 48.2. The van der Waals surface area contributed by atoms with Gasteiger partial charge < -0.3 is 5.73 Å². The monoisotopic (exact) mass is 290 g/mol. The molecule has 0 radical (unpaired) electrons. The van der Waals surface area contributed by atoms with Crippen LogP contribution in [0.2, 0.25) is 0 Å². The molecule has 0 unspecified atom stereocenters. The molecule has 1 aliphatic heterocycles. The van der Waals surface area contributed by atoms with Crippen LogP contribution in [0, 0.1) is 0 Å². The summed E-state index contributed by atoms with van der Waals surface area (Å²) in [6, 6.07) is 5.98. The maximum absolute atomic E-state index is 12.2. The van der Waals surface area contributed by atoms with E-state index in [2.05, 4.69) is 0 Å². The lowest BCUT2D eigenvalue weighted by Crippen LogP contribution is -2.43. The van der Waals surface area contributed by atoms with Gasteiger partial charge in [0, 0.05) is 18.8 Å². The van der Waals surface area contributed by atoms with Gasteiger partial charge in [0.2, 0.25) is 10.0 Å². The second-order valence-electron chi connectivity index (χ2n) is 4.13. The minimum Gasteiger partial charge on any atom is -0.399 e. The van der Waals surface area contributed by atoms with Crippen LogP contribution < -0.4 is 5.73 Å². The lowest BCUT2D eigenvalue weighted by molar-refractivity contribution is 0.431. The van der Waals surface area contributed by atoms with E-state index in [1.165, 1.54) is 16.4 Å². The summed E-state index contributed by atoms with van der Waals surface area (Å²) in [5.74, 6) is -0.261. The number of nitrogens with two attached hydrogens (primary N) is 1. The van der Waals surface area contributed by atoms with E-state index < -0.39 is 19.9 Å². The maximum Gasteiger partial charge on any atom is 0.243 e. The van der Waals surface area contributed by atoms with Gasteiger partial charge >= 0.3 is 0 Å². The minimum absolute atomic E-state index is 0.000530. The summed E-state index contributed by atoms with van der Waals surface area (Å²) in [6.45, 7) is -0.00106. The van der Waals surface area contributed by atoms with E-state index in [9.17, 15) is 16.8 Å². The van der Waals surface area contributed by atoms with Crippen LogP contribution in [0.5, 0.6) is 0 Å². The maximum atomic E-state index is 12.2. The van der Waals surface area contributed by atoms with Crippen LogP contribution >= 0.6 is 0 Å². The van der Waals surface area contributed by atoms with Crippen LogP contribution in [0.4, 0.5) is 5.69 Å². The number of hydrogen-bond donors (Lipinski definition) is 1. The number of sulfone groups is 1. The van der Waals surface area contributed by atoms with Gasteiger partial charge in [-0.2, -0.15) is 4.31 Å². The number of rotatable bonds is 2. The standard InChI is InChI=1S/C10H14N2O4S2/c11-9-2-1-3-10(8-9)18(15,16)12-4-6-17(13,14)7-5-12/h1-3,8H,4-7,11H2. The molecule has 100 valence electrons. The third kappa shape index (κ3) is 2.65. The topological polar surface area (TPSA) is 97.5 Å². The molecule has 2 rings (SSSR count). The van der Waals surface area contributed by atoms with E-state index in [-0.39, 0.29) is 29.5 Å². The molecule has 0 spiro atoms. The number of benzene rings is 1. The largest absolute Gasteiger partial charge is 0.399 e. The highest BCUT2D eigenvalue weighted by Gasteiger charge is 2.31. The fourth-order valence-electron chi connectivity index (χ4n) is 1.76. The Hall–Kier alpha value is -1.12. The van der Waals surface area contributed by atoms with E-state index >= 15 is 0 Å². The van der Waals surface area contributed by atoms with Gasteiger partial charge in [-0.15, -0.1) is 0 Å². The first-order valence-corrected chi connectivity index (χ1v) is 8.63. The lowest BCUT2D eigenvalue weighted by Gasteiger charge is -2.25. The molecule has 1 aromatic rings. The summed E-state index contributed by atoms with van der Waals surface area (Å²) in [6.07, 6.45) is 0. The molecule has 0 aliphatic carbocycles. The van der Waals surface area contributed by atoms with Crippen molar-refractivity contribution in [3.8, 4) is 0 Å². The van der Waals surface area contributed by atoms with Crippen molar-refractivity contribution in [2.75, 3.05) is 30.3 Å². The van der Waals surface area contributed by atoms with Crippen LogP contribution in [0.1, 0.15) is 0 Å². The van der Waals surface area contributed by atoms with E-state index in [1.54, 1.807) is 12.1 Å². The zero-order chi connectivity index (χ0) is 13.4. The molecule has 0 aromatic heterocycles. The second kappa shape index (κ2) is 4.52. The van der Waals surface area contributed by atoms with Gasteiger partial charge in [-0.3, -0.25) is 0 Å². The molecule has 1 saturated heterocycles. The zero-order valence-corrected chi connectivity index (χ0v) is 11.2. The highest BCUT2D eigenvalue weighted by atomic mass is 32.2. The van der Waals surface area contributed by atoms with Crippen molar-refractivity contribution in [1.82, 2.24) is 4.31 Å². The molecule has 0 saturated carbocycles. The van der Waals surface area contributed by atoms with Crippen molar-refractivity contribution in [2.45, 2.75) is 4.90 Å². The van der Waals surface area contributed by atoms with Crippen molar-refractivity contribution < 1.29 is 16.8 Å². The quantitative estimate of drug-likeness (QED) is 0.753. The molecular formula is C10H14N2O4S2. The molecule has 18 heavy (non-hydrogen) atoms. The summed E-state index contributed by atoms with van der Waals surface area (Å²) >= 11 is 0. The number of sulfonamides is 1. The Labute approximate surface area is 106 Å². The van der Waals surface area contributed by atoms with Gasteiger partial charge in [0.05, 0.1) is 16.4 Å². The molecule has 1 aliphatic rings. The average molecular weight is 290 g/mol. The molecule has 2 N–H and O–H groups in total. The molecule has 6 nitrogen and oxygen atoms in total. The molecule has 1 aromatic carbocycles. The van der Waals surface area contributed by atoms with Gasteiger partial charge in [-0.25, -0.2) is 16.8 Å². The van der Waals surface area contributed by atoms with Gasteiger partial charge in [0.1, 0.15) is 0 Å². The Morgan fingerprint density at radius 2 is 1.78 bits per heavy atom. The van der Waals surface area contributed by atoms with Crippen molar-refractivity contribution >= 4 is 25.5 Å². The highest BCUT2D eigenvalue weighted by Crippen LogP contribution is 2.19. The first-order chi connectivity index (χ1) is 8.31. The molecule has 0 bridgehead atoms. The molecule has 8 heteroatoms. The number of anilines is 1. The Kier molecular flexibility index (Phi) is 3.35. The van der Waals surface area contributed by atoms with Crippen molar-refractivity contribution in [1.29, 1.82) is 0 Å². The average Bonchev–Trinajstić information content (AvgIpc) is 2.28. The van der Waals surface area contributed by atoms with E-state index in [0.717, 1.165) is 0 Å². The van der Waals surface area contributed by atoms with E-state index in [0.29, 0.717) is 5.69 Å². The predicted molar refractivity (Wildman–Crippen MR) is 68.3 cm³/mol. The van der Waals surface area contributed by atoms with Crippen molar-refractivity contribution in [2.24, 2.45) is 0 Å². The molecule has 1 fully saturated rings. The van der Waals surface area contributed by atoms with E-state index in [1.807, 2.05) is 0 Å².